The van der Waals surface area contributed by atoms with E-state index in [-0.39, 0.29) is 19.4 Å². The number of methoxy groups -OCH3 is 3. The van der Waals surface area contributed by atoms with Gasteiger partial charge in [-0.2, -0.15) is 0 Å². The van der Waals surface area contributed by atoms with E-state index in [4.69, 9.17) is 28.4 Å². The average Bonchev–Trinajstić information content (AvgIpc) is 2.98. The molecule has 2 rings (SSSR count). The monoisotopic (exact) mass is 398 g/mol. The lowest BCUT2D eigenvalue weighted by Crippen LogP contribution is -2.35. The molecule has 4 atom stereocenters. The van der Waals surface area contributed by atoms with Crippen LogP contribution in [0.4, 0.5) is 0 Å². The smallest absolute Gasteiger partial charge is 0.311 e. The number of carbonyl (C=O) groups is 1. The lowest BCUT2D eigenvalue weighted by molar-refractivity contribution is -0.172. The van der Waals surface area contributed by atoms with E-state index >= 15 is 0 Å². The summed E-state index contributed by atoms with van der Waals surface area (Å²) in [6.45, 7) is 5.34. The molecule has 1 saturated heterocycles. The van der Waals surface area contributed by atoms with Crippen LogP contribution in [-0.4, -0.2) is 58.2 Å². The van der Waals surface area contributed by atoms with Crippen LogP contribution < -0.4 is 9.47 Å². The number of benzene rings is 1. The molecule has 8 nitrogen and oxygen atoms in total. The third kappa shape index (κ3) is 5.14. The van der Waals surface area contributed by atoms with E-state index in [1.807, 2.05) is 6.07 Å². The molecule has 0 spiro atoms. The number of carbonyl (C=O) groups excluding carboxylic acids is 1. The van der Waals surface area contributed by atoms with Gasteiger partial charge in [-0.3, -0.25) is 4.79 Å². The van der Waals surface area contributed by atoms with Gasteiger partial charge in [0, 0.05) is 7.11 Å². The van der Waals surface area contributed by atoms with Crippen LogP contribution >= 0.6 is 0 Å². The van der Waals surface area contributed by atoms with Crippen molar-refractivity contribution in [2.45, 2.75) is 39.3 Å². The number of ether oxygens (including phenoxy) is 6. The molecular weight excluding hydrogens is 368 g/mol. The maximum absolute atomic E-state index is 12.2. The molecule has 1 aliphatic heterocycles. The Hall–Kier alpha value is -1.87. The van der Waals surface area contributed by atoms with Crippen molar-refractivity contribution < 1.29 is 38.3 Å². The summed E-state index contributed by atoms with van der Waals surface area (Å²) in [6.07, 6.45) is -2.47. The Morgan fingerprint density at radius 3 is 2.39 bits per heavy atom. The molecule has 0 bridgehead atoms. The number of hydrogen-bond donors (Lipinski definition) is 1. The molecule has 1 aliphatic rings. The molecule has 1 aromatic rings. The van der Waals surface area contributed by atoms with E-state index in [2.05, 4.69) is 0 Å². The Morgan fingerprint density at radius 1 is 1.14 bits per heavy atom. The maximum Gasteiger partial charge on any atom is 0.311 e. The zero-order valence-electron chi connectivity index (χ0n) is 17.3. The Kier molecular flexibility index (Phi) is 7.65. The van der Waals surface area contributed by atoms with Gasteiger partial charge >= 0.3 is 5.97 Å². The van der Waals surface area contributed by atoms with Crippen molar-refractivity contribution in [1.29, 1.82) is 0 Å². The Balaban J connectivity index is 2.28. The first kappa shape index (κ1) is 22.4. The summed E-state index contributed by atoms with van der Waals surface area (Å²) in [6, 6.07) is 5.34. The molecule has 1 fully saturated rings. The summed E-state index contributed by atoms with van der Waals surface area (Å²) in [5.74, 6) is 0.331. The molecule has 8 heteroatoms. The Bertz CT molecular complexity index is 654. The molecule has 1 heterocycles. The van der Waals surface area contributed by atoms with Gasteiger partial charge in [-0.05, 0) is 38.5 Å². The average molecular weight is 398 g/mol. The third-order valence-electron chi connectivity index (χ3n) is 4.51. The minimum Gasteiger partial charge on any atom is -0.493 e. The van der Waals surface area contributed by atoms with E-state index < -0.39 is 29.8 Å². The second-order valence-corrected chi connectivity index (χ2v) is 7.61. The quantitative estimate of drug-likeness (QED) is 0.527. The number of aliphatic hydroxyl groups is 1. The van der Waals surface area contributed by atoms with Gasteiger partial charge in [0.2, 0.25) is 0 Å². The highest BCUT2D eigenvalue weighted by molar-refractivity contribution is 5.75. The van der Waals surface area contributed by atoms with E-state index in [1.54, 1.807) is 47.1 Å². The van der Waals surface area contributed by atoms with Crippen LogP contribution in [0.15, 0.2) is 18.2 Å². The van der Waals surface area contributed by atoms with Crippen molar-refractivity contribution in [2.24, 2.45) is 11.3 Å². The molecule has 0 aliphatic carbocycles. The van der Waals surface area contributed by atoms with Crippen LogP contribution in [0.5, 0.6) is 11.5 Å². The molecule has 0 amide bonds. The van der Waals surface area contributed by atoms with Crippen LogP contribution in [0, 0.1) is 11.3 Å². The number of rotatable bonds is 8. The number of aliphatic hydroxyl groups excluding tert-OH is 1. The predicted molar refractivity (Wildman–Crippen MR) is 100 cm³/mol. The fraction of sp³-hybridized carbons (Fsp3) is 0.650. The highest BCUT2D eigenvalue weighted by atomic mass is 16.7. The van der Waals surface area contributed by atoms with Crippen molar-refractivity contribution in [1.82, 2.24) is 0 Å². The summed E-state index contributed by atoms with van der Waals surface area (Å²) in [5.41, 5.74) is 0.108. The van der Waals surface area contributed by atoms with Crippen LogP contribution in [0.3, 0.4) is 0 Å². The van der Waals surface area contributed by atoms with E-state index in [9.17, 15) is 9.90 Å². The zero-order chi connectivity index (χ0) is 20.9. The summed E-state index contributed by atoms with van der Waals surface area (Å²) < 4.78 is 32.4. The maximum atomic E-state index is 12.2. The van der Waals surface area contributed by atoms with Crippen molar-refractivity contribution in [3.05, 3.63) is 23.8 Å². The van der Waals surface area contributed by atoms with Crippen LogP contribution in [0.25, 0.3) is 0 Å². The van der Waals surface area contributed by atoms with Gasteiger partial charge in [0.1, 0.15) is 12.9 Å². The molecule has 158 valence electrons. The van der Waals surface area contributed by atoms with Crippen molar-refractivity contribution >= 4 is 5.97 Å². The first-order valence-electron chi connectivity index (χ1n) is 9.06. The van der Waals surface area contributed by atoms with Crippen LogP contribution in [0.1, 0.15) is 32.4 Å². The normalized spacial score (nSPS) is 24.8. The Labute approximate surface area is 165 Å². The van der Waals surface area contributed by atoms with Crippen LogP contribution in [0.2, 0.25) is 0 Å². The summed E-state index contributed by atoms with van der Waals surface area (Å²) in [5, 5.41) is 10.4. The molecule has 28 heavy (non-hydrogen) atoms. The van der Waals surface area contributed by atoms with Gasteiger partial charge in [0.15, 0.2) is 17.8 Å². The third-order valence-corrected chi connectivity index (χ3v) is 4.51. The zero-order valence-corrected chi connectivity index (χ0v) is 17.3. The SMILES string of the molecule is COCO[C@H]1[C@H](COC(=O)C(C)(C)C)[C@H](c2ccc(OC)c(OC)c2)O[C@H]1O. The molecule has 0 aromatic heterocycles. The second kappa shape index (κ2) is 9.56. The van der Waals surface area contributed by atoms with Gasteiger partial charge in [0.05, 0.1) is 38.3 Å². The number of esters is 1. The van der Waals surface area contributed by atoms with Gasteiger partial charge in [-0.1, -0.05) is 6.07 Å². The lowest BCUT2D eigenvalue weighted by Gasteiger charge is -2.25. The minimum atomic E-state index is -1.19. The largest absolute Gasteiger partial charge is 0.493 e. The fourth-order valence-corrected chi connectivity index (χ4v) is 2.99. The molecule has 0 saturated carbocycles. The minimum absolute atomic E-state index is 0.0204. The highest BCUT2D eigenvalue weighted by Crippen LogP contribution is 2.42. The second-order valence-electron chi connectivity index (χ2n) is 7.61. The van der Waals surface area contributed by atoms with E-state index in [1.165, 1.54) is 7.11 Å². The summed E-state index contributed by atoms with van der Waals surface area (Å²) >= 11 is 0. The van der Waals surface area contributed by atoms with Gasteiger partial charge in [-0.25, -0.2) is 0 Å². The summed E-state index contributed by atoms with van der Waals surface area (Å²) in [4.78, 5) is 12.2. The van der Waals surface area contributed by atoms with E-state index in [0.717, 1.165) is 5.56 Å². The van der Waals surface area contributed by atoms with Crippen molar-refractivity contribution in [3.63, 3.8) is 0 Å². The van der Waals surface area contributed by atoms with Crippen molar-refractivity contribution in [2.75, 3.05) is 34.7 Å². The fourth-order valence-electron chi connectivity index (χ4n) is 2.99. The van der Waals surface area contributed by atoms with Gasteiger partial charge in [-0.15, -0.1) is 0 Å². The molecule has 1 aromatic carbocycles. The predicted octanol–water partition coefficient (Wildman–Crippen LogP) is 2.29. The Morgan fingerprint density at radius 2 is 1.82 bits per heavy atom. The number of hydrogen-bond acceptors (Lipinski definition) is 8. The van der Waals surface area contributed by atoms with E-state index in [0.29, 0.717) is 11.5 Å². The lowest BCUT2D eigenvalue weighted by atomic mass is 9.93. The van der Waals surface area contributed by atoms with Gasteiger partial charge in [0.25, 0.3) is 0 Å². The topological polar surface area (TPSA) is 92.7 Å². The highest BCUT2D eigenvalue weighted by Gasteiger charge is 2.46. The van der Waals surface area contributed by atoms with Gasteiger partial charge < -0.3 is 33.5 Å². The van der Waals surface area contributed by atoms with Crippen LogP contribution in [-0.2, 0) is 23.7 Å². The first-order valence-corrected chi connectivity index (χ1v) is 9.06. The molecular formula is C20H30O8. The standard InChI is InChI=1S/C20H30O8/c1-20(2,3)19(22)26-10-13-16(28-18(21)17(13)27-11-23-4)12-7-8-14(24-5)15(9-12)25-6/h7-9,13,16-18,21H,10-11H2,1-6H3/t13-,16+,17+,18-/m1/s1. The van der Waals surface area contributed by atoms with Crippen molar-refractivity contribution in [3.8, 4) is 11.5 Å². The molecule has 0 unspecified atom stereocenters. The summed E-state index contributed by atoms with van der Waals surface area (Å²) in [7, 11) is 4.58. The molecule has 1 N–H and O–H groups in total. The molecule has 0 radical (unpaired) electrons. The first-order chi connectivity index (χ1) is 13.2.